The predicted octanol–water partition coefficient (Wildman–Crippen LogP) is 7.08. The van der Waals surface area contributed by atoms with Crippen LogP contribution in [0.4, 0.5) is 0 Å². The van der Waals surface area contributed by atoms with Gasteiger partial charge in [0.05, 0.1) is 30.7 Å². The number of nitrogens with zero attached hydrogens (tertiary/aromatic N) is 5. The maximum absolute atomic E-state index is 7.64. The number of amidine groups is 1. The van der Waals surface area contributed by atoms with E-state index in [-0.39, 0.29) is 0 Å². The van der Waals surface area contributed by atoms with Crippen molar-refractivity contribution in [2.45, 2.75) is 5.75 Å². The van der Waals surface area contributed by atoms with Crippen LogP contribution >= 0.6 is 11.8 Å². The zero-order valence-electron chi connectivity index (χ0n) is 21.0. The summed E-state index contributed by atoms with van der Waals surface area (Å²) < 4.78 is 1.79. The lowest BCUT2D eigenvalue weighted by Gasteiger charge is -2.19. The molecule has 4 aromatic carbocycles. The van der Waals surface area contributed by atoms with Crippen molar-refractivity contribution in [3.8, 4) is 28.1 Å². The molecule has 0 spiro atoms. The number of nitrogens with one attached hydrogen (secondary N) is 1. The highest BCUT2D eigenvalue weighted by Crippen LogP contribution is 2.27. The average Bonchev–Trinajstić information content (AvgIpc) is 3.52. The molecule has 0 bridgehead atoms. The first kappa shape index (κ1) is 24.4. The Balaban J connectivity index is 1.10. The Labute approximate surface area is 231 Å². The van der Waals surface area contributed by atoms with Crippen LogP contribution in [0.5, 0.6) is 0 Å². The standard InChI is InChI=1S/C32H24N6S/c1-33-29-20-34-32(35-31(29)27-16-14-25(15-17-27)24-8-4-2-5-9-24)39-22-23-12-18-28(19-13-23)38-21-30(36-37-38)26-10-6-3-7-11-26/h2-19,21H,20,22H2,(H,34,35). The quantitative estimate of drug-likeness (QED) is 0.241. The third kappa shape index (κ3) is 5.52. The van der Waals surface area contributed by atoms with Crippen LogP contribution in [0.3, 0.4) is 0 Å². The number of hydrogen-bond donors (Lipinski definition) is 1. The molecule has 188 valence electrons. The molecule has 6 nitrogen and oxygen atoms in total. The molecule has 2 heterocycles. The molecule has 6 rings (SSSR count). The summed E-state index contributed by atoms with van der Waals surface area (Å²) in [6.45, 7) is 8.02. The first-order chi connectivity index (χ1) is 19.3. The lowest BCUT2D eigenvalue weighted by molar-refractivity contribution is 0.803. The van der Waals surface area contributed by atoms with Crippen molar-refractivity contribution in [1.29, 1.82) is 0 Å². The van der Waals surface area contributed by atoms with Crippen LogP contribution in [0, 0.1) is 6.57 Å². The summed E-state index contributed by atoms with van der Waals surface area (Å²) >= 11 is 1.63. The van der Waals surface area contributed by atoms with Crippen molar-refractivity contribution >= 4 is 22.6 Å². The highest BCUT2D eigenvalue weighted by atomic mass is 32.2. The van der Waals surface area contributed by atoms with Crippen LogP contribution in [-0.4, -0.2) is 26.7 Å². The topological polar surface area (TPSA) is 59.5 Å². The molecule has 0 unspecified atom stereocenters. The molecule has 0 amide bonds. The zero-order chi connectivity index (χ0) is 26.4. The number of aromatic nitrogens is 3. The molecule has 39 heavy (non-hydrogen) atoms. The Bertz CT molecular complexity index is 1680. The highest BCUT2D eigenvalue weighted by Gasteiger charge is 2.17. The summed E-state index contributed by atoms with van der Waals surface area (Å²) in [6, 6.07) is 36.9. The summed E-state index contributed by atoms with van der Waals surface area (Å²) in [5.41, 5.74) is 8.77. The molecule has 1 aliphatic rings. The number of benzene rings is 4. The molecule has 5 aromatic rings. The molecule has 0 fully saturated rings. The second kappa shape index (κ2) is 11.2. The molecule has 1 aliphatic heterocycles. The summed E-state index contributed by atoms with van der Waals surface area (Å²) in [6.07, 6.45) is 1.94. The minimum absolute atomic E-state index is 0.379. The van der Waals surface area contributed by atoms with E-state index in [9.17, 15) is 0 Å². The van der Waals surface area contributed by atoms with Crippen molar-refractivity contribution in [2.24, 2.45) is 4.99 Å². The maximum atomic E-state index is 7.64. The Morgan fingerprint density at radius 1 is 0.769 bits per heavy atom. The van der Waals surface area contributed by atoms with Gasteiger partial charge in [0.2, 0.25) is 5.70 Å². The van der Waals surface area contributed by atoms with E-state index in [1.54, 1.807) is 16.4 Å². The maximum Gasteiger partial charge on any atom is 0.209 e. The molecule has 1 N–H and O–H groups in total. The van der Waals surface area contributed by atoms with Crippen LogP contribution in [0.25, 0.3) is 38.6 Å². The first-order valence-electron chi connectivity index (χ1n) is 12.5. The minimum Gasteiger partial charge on any atom is -0.344 e. The third-order valence-electron chi connectivity index (χ3n) is 6.45. The van der Waals surface area contributed by atoms with Crippen LogP contribution < -0.4 is 5.32 Å². The van der Waals surface area contributed by atoms with Gasteiger partial charge in [-0.2, -0.15) is 0 Å². The molecule has 1 aromatic heterocycles. The minimum atomic E-state index is 0.379. The van der Waals surface area contributed by atoms with Crippen molar-refractivity contribution in [1.82, 2.24) is 20.3 Å². The number of thioether (sulfide) groups is 1. The van der Waals surface area contributed by atoms with Gasteiger partial charge in [0.15, 0.2) is 5.17 Å². The fraction of sp³-hybridized carbons (Fsp3) is 0.0625. The molecular formula is C32H24N6S. The highest BCUT2D eigenvalue weighted by molar-refractivity contribution is 8.13. The number of rotatable bonds is 6. The van der Waals surface area contributed by atoms with Gasteiger partial charge in [0.1, 0.15) is 5.69 Å². The van der Waals surface area contributed by atoms with Crippen molar-refractivity contribution in [2.75, 3.05) is 6.54 Å². The molecule has 0 saturated carbocycles. The largest absolute Gasteiger partial charge is 0.344 e. The van der Waals surface area contributed by atoms with E-state index in [4.69, 9.17) is 6.57 Å². The normalized spacial score (nSPS) is 12.9. The van der Waals surface area contributed by atoms with Gasteiger partial charge >= 0.3 is 0 Å². The van der Waals surface area contributed by atoms with Crippen LogP contribution in [0.1, 0.15) is 11.1 Å². The molecule has 0 atom stereocenters. The predicted molar refractivity (Wildman–Crippen MR) is 159 cm³/mol. The Morgan fingerprint density at radius 3 is 2.10 bits per heavy atom. The van der Waals surface area contributed by atoms with Crippen LogP contribution in [0.2, 0.25) is 0 Å². The van der Waals surface area contributed by atoms with E-state index >= 15 is 0 Å². The second-order valence-corrected chi connectivity index (χ2v) is 9.96. The van der Waals surface area contributed by atoms with E-state index < -0.39 is 0 Å². The second-order valence-electron chi connectivity index (χ2n) is 8.99. The van der Waals surface area contributed by atoms with E-state index in [0.717, 1.165) is 44.7 Å². The van der Waals surface area contributed by atoms with Gasteiger partial charge < -0.3 is 5.32 Å². The Morgan fingerprint density at radius 2 is 1.41 bits per heavy atom. The van der Waals surface area contributed by atoms with E-state index in [2.05, 4.69) is 74.0 Å². The van der Waals surface area contributed by atoms with Gasteiger partial charge in [0.25, 0.3) is 0 Å². The van der Waals surface area contributed by atoms with Gasteiger partial charge in [-0.1, -0.05) is 114 Å². The first-order valence-corrected chi connectivity index (χ1v) is 13.5. The molecule has 7 heteroatoms. The molecular weight excluding hydrogens is 500 g/mol. The fourth-order valence-corrected chi connectivity index (χ4v) is 5.17. The Kier molecular flexibility index (Phi) is 7.02. The SMILES string of the molecule is [C-]#[N+]C1=C(c2ccc(-c3ccccc3)cc2)NC(SCc2ccc(-n3cc(-c4ccccc4)nn3)cc2)=NC1. The molecule has 0 radical (unpaired) electrons. The third-order valence-corrected chi connectivity index (χ3v) is 7.43. The summed E-state index contributed by atoms with van der Waals surface area (Å²) in [5, 5.41) is 12.8. The van der Waals surface area contributed by atoms with Gasteiger partial charge in [-0.05, 0) is 34.4 Å². The zero-order valence-corrected chi connectivity index (χ0v) is 21.8. The lowest BCUT2D eigenvalue weighted by Crippen LogP contribution is -2.25. The van der Waals surface area contributed by atoms with Crippen LogP contribution in [0.15, 0.2) is 126 Å². The van der Waals surface area contributed by atoms with Gasteiger partial charge in [-0.15, -0.1) is 5.10 Å². The lowest BCUT2D eigenvalue weighted by atomic mass is 10.0. The summed E-state index contributed by atoms with van der Waals surface area (Å²) in [7, 11) is 0. The smallest absolute Gasteiger partial charge is 0.209 e. The monoisotopic (exact) mass is 524 g/mol. The summed E-state index contributed by atoms with van der Waals surface area (Å²) in [5.74, 6) is 0.756. The van der Waals surface area contributed by atoms with Gasteiger partial charge in [0, 0.05) is 11.3 Å². The van der Waals surface area contributed by atoms with E-state index in [0.29, 0.717) is 12.2 Å². The van der Waals surface area contributed by atoms with Crippen molar-refractivity contribution in [3.05, 3.63) is 144 Å². The molecule has 0 saturated heterocycles. The Hall–Kier alpha value is -4.93. The van der Waals surface area contributed by atoms with Gasteiger partial charge in [-0.25, -0.2) is 9.53 Å². The van der Waals surface area contributed by atoms with Crippen molar-refractivity contribution < 1.29 is 0 Å². The average molecular weight is 525 g/mol. The fourth-order valence-electron chi connectivity index (χ4n) is 4.34. The van der Waals surface area contributed by atoms with Crippen LogP contribution in [-0.2, 0) is 5.75 Å². The van der Waals surface area contributed by atoms with Gasteiger partial charge in [-0.3, -0.25) is 4.99 Å². The van der Waals surface area contributed by atoms with E-state index in [1.165, 1.54) is 11.1 Å². The number of aliphatic imine (C=N–C) groups is 1. The number of hydrogen-bond acceptors (Lipinski definition) is 5. The summed E-state index contributed by atoms with van der Waals surface area (Å²) in [4.78, 5) is 8.34. The molecule has 0 aliphatic carbocycles. The van der Waals surface area contributed by atoms with E-state index in [1.807, 2.05) is 66.9 Å². The van der Waals surface area contributed by atoms with Crippen molar-refractivity contribution in [3.63, 3.8) is 0 Å².